The van der Waals surface area contributed by atoms with Gasteiger partial charge in [-0.2, -0.15) is 0 Å². The lowest BCUT2D eigenvalue weighted by Crippen LogP contribution is -2.39. The second kappa shape index (κ2) is 6.17. The molecule has 108 valence electrons. The van der Waals surface area contributed by atoms with Gasteiger partial charge in [-0.1, -0.05) is 23.7 Å². The summed E-state index contributed by atoms with van der Waals surface area (Å²) in [6.07, 6.45) is -0.282. The summed E-state index contributed by atoms with van der Waals surface area (Å²) in [4.78, 5) is 0. The molecule has 1 rings (SSSR count). The van der Waals surface area contributed by atoms with Crippen LogP contribution in [0.3, 0.4) is 0 Å². The molecule has 0 amide bonds. The van der Waals surface area contributed by atoms with E-state index in [-0.39, 0.29) is 17.1 Å². The molecule has 0 fully saturated rings. The summed E-state index contributed by atoms with van der Waals surface area (Å²) >= 11 is 5.67. The molecule has 0 saturated carbocycles. The number of hydrogen-bond acceptors (Lipinski definition) is 4. The number of rotatable bonds is 5. The van der Waals surface area contributed by atoms with Crippen molar-refractivity contribution in [2.75, 3.05) is 12.8 Å². The first-order valence-corrected chi connectivity index (χ1v) is 8.04. The Morgan fingerprint density at radius 1 is 1.47 bits per heavy atom. The number of aliphatic hydroxyl groups is 1. The predicted octanol–water partition coefficient (Wildman–Crippen LogP) is 1.32. The molecule has 1 aromatic carbocycles. The molecule has 3 atom stereocenters. The molecule has 0 saturated heterocycles. The Labute approximate surface area is 117 Å². The number of hydrogen-bond donors (Lipinski definition) is 2. The maximum atomic E-state index is 13.9. The Morgan fingerprint density at radius 3 is 2.53 bits per heavy atom. The highest BCUT2D eigenvalue weighted by atomic mass is 35.5. The summed E-state index contributed by atoms with van der Waals surface area (Å²) in [6.45, 7) is 1.28. The van der Waals surface area contributed by atoms with Crippen molar-refractivity contribution in [1.29, 1.82) is 0 Å². The molecule has 3 unspecified atom stereocenters. The Morgan fingerprint density at radius 2 is 2.05 bits per heavy atom. The highest BCUT2D eigenvalue weighted by molar-refractivity contribution is 7.91. The maximum absolute atomic E-state index is 13.9. The molecule has 7 heteroatoms. The van der Waals surface area contributed by atoms with Crippen LogP contribution in [-0.2, 0) is 9.84 Å². The van der Waals surface area contributed by atoms with Gasteiger partial charge in [0.05, 0.1) is 16.4 Å². The van der Waals surface area contributed by atoms with Crippen molar-refractivity contribution in [2.45, 2.75) is 24.2 Å². The fraction of sp³-hybridized carbons (Fsp3) is 0.500. The second-order valence-electron chi connectivity index (χ2n) is 4.51. The molecule has 0 spiro atoms. The Bertz CT molecular complexity index is 550. The highest BCUT2D eigenvalue weighted by Gasteiger charge is 2.32. The molecule has 3 N–H and O–H groups in total. The standard InChI is InChI=1S/C12H17ClFNO3S/c1-7(19(2,17)18)12(16)9(6-15)8-4-3-5-10(13)11(8)14/h3-5,7,9,12,16H,6,15H2,1-2H3. The van der Waals surface area contributed by atoms with Gasteiger partial charge in [0, 0.05) is 18.7 Å². The van der Waals surface area contributed by atoms with E-state index in [1.807, 2.05) is 0 Å². The van der Waals surface area contributed by atoms with E-state index in [0.29, 0.717) is 0 Å². The maximum Gasteiger partial charge on any atom is 0.152 e. The molecular formula is C12H17ClFNO3S. The minimum Gasteiger partial charge on any atom is -0.391 e. The van der Waals surface area contributed by atoms with Gasteiger partial charge in [0.2, 0.25) is 0 Å². The van der Waals surface area contributed by atoms with E-state index in [2.05, 4.69) is 0 Å². The van der Waals surface area contributed by atoms with Gasteiger partial charge in [-0.25, -0.2) is 12.8 Å². The first-order chi connectivity index (χ1) is 8.70. The van der Waals surface area contributed by atoms with Gasteiger partial charge in [0.15, 0.2) is 9.84 Å². The van der Waals surface area contributed by atoms with Crippen LogP contribution in [0.25, 0.3) is 0 Å². The predicted molar refractivity (Wildman–Crippen MR) is 73.5 cm³/mol. The number of sulfone groups is 1. The van der Waals surface area contributed by atoms with Gasteiger partial charge in [0.1, 0.15) is 5.82 Å². The molecule has 0 heterocycles. The van der Waals surface area contributed by atoms with Crippen LogP contribution in [0.15, 0.2) is 18.2 Å². The normalized spacial score (nSPS) is 16.9. The fourth-order valence-electron chi connectivity index (χ4n) is 1.84. The largest absolute Gasteiger partial charge is 0.391 e. The minimum absolute atomic E-state index is 0.0850. The Kier molecular flexibility index (Phi) is 5.32. The summed E-state index contributed by atoms with van der Waals surface area (Å²) in [7, 11) is -3.45. The van der Waals surface area contributed by atoms with Crippen LogP contribution in [0.1, 0.15) is 18.4 Å². The fourth-order valence-corrected chi connectivity index (χ4v) is 2.72. The quantitative estimate of drug-likeness (QED) is 0.859. The Balaban J connectivity index is 3.17. The molecule has 0 aliphatic carbocycles. The molecule has 0 aromatic heterocycles. The van der Waals surface area contributed by atoms with Crippen LogP contribution in [0.5, 0.6) is 0 Å². The van der Waals surface area contributed by atoms with E-state index in [4.69, 9.17) is 17.3 Å². The minimum atomic E-state index is -3.45. The van der Waals surface area contributed by atoms with E-state index < -0.39 is 32.9 Å². The summed E-state index contributed by atoms with van der Waals surface area (Å²) in [6, 6.07) is 4.35. The van der Waals surface area contributed by atoms with Crippen LogP contribution >= 0.6 is 11.6 Å². The molecule has 0 aliphatic rings. The van der Waals surface area contributed by atoms with Crippen molar-refractivity contribution in [3.8, 4) is 0 Å². The smallest absolute Gasteiger partial charge is 0.152 e. The van der Waals surface area contributed by atoms with Crippen molar-refractivity contribution in [2.24, 2.45) is 5.73 Å². The lowest BCUT2D eigenvalue weighted by molar-refractivity contribution is 0.142. The van der Waals surface area contributed by atoms with Gasteiger partial charge in [-0.3, -0.25) is 0 Å². The summed E-state index contributed by atoms with van der Waals surface area (Å²) in [5.41, 5.74) is 5.66. The van der Waals surface area contributed by atoms with Gasteiger partial charge in [0.25, 0.3) is 0 Å². The van der Waals surface area contributed by atoms with Crippen molar-refractivity contribution >= 4 is 21.4 Å². The third-order valence-corrected chi connectivity index (χ3v) is 5.12. The zero-order chi connectivity index (χ0) is 14.8. The lowest BCUT2D eigenvalue weighted by atomic mass is 9.91. The van der Waals surface area contributed by atoms with Gasteiger partial charge in [-0.15, -0.1) is 0 Å². The number of nitrogens with two attached hydrogens (primary N) is 1. The molecule has 1 aromatic rings. The Hall–Kier alpha value is -0.690. The van der Waals surface area contributed by atoms with Crippen LogP contribution in [0, 0.1) is 5.82 Å². The van der Waals surface area contributed by atoms with E-state index in [0.717, 1.165) is 6.26 Å². The molecule has 19 heavy (non-hydrogen) atoms. The van der Waals surface area contributed by atoms with Gasteiger partial charge in [-0.05, 0) is 18.6 Å². The van der Waals surface area contributed by atoms with Gasteiger partial charge < -0.3 is 10.8 Å². The van der Waals surface area contributed by atoms with Crippen molar-refractivity contribution in [3.05, 3.63) is 34.6 Å². The number of aliphatic hydroxyl groups excluding tert-OH is 1. The van der Waals surface area contributed by atoms with Crippen LogP contribution in [0.4, 0.5) is 4.39 Å². The van der Waals surface area contributed by atoms with Crippen molar-refractivity contribution in [1.82, 2.24) is 0 Å². The zero-order valence-electron chi connectivity index (χ0n) is 10.7. The van der Waals surface area contributed by atoms with E-state index in [1.165, 1.54) is 25.1 Å². The van der Waals surface area contributed by atoms with E-state index >= 15 is 0 Å². The van der Waals surface area contributed by atoms with Crippen molar-refractivity contribution < 1.29 is 17.9 Å². The monoisotopic (exact) mass is 309 g/mol. The van der Waals surface area contributed by atoms with Crippen LogP contribution < -0.4 is 5.73 Å². The first kappa shape index (κ1) is 16.4. The third kappa shape index (κ3) is 3.66. The average Bonchev–Trinajstić information content (AvgIpc) is 2.33. The second-order valence-corrected chi connectivity index (χ2v) is 7.32. The molecule has 4 nitrogen and oxygen atoms in total. The lowest BCUT2D eigenvalue weighted by Gasteiger charge is -2.26. The van der Waals surface area contributed by atoms with Crippen molar-refractivity contribution in [3.63, 3.8) is 0 Å². The number of benzene rings is 1. The van der Waals surface area contributed by atoms with Crippen LogP contribution in [-0.4, -0.2) is 37.7 Å². The zero-order valence-corrected chi connectivity index (χ0v) is 12.2. The molecule has 0 bridgehead atoms. The summed E-state index contributed by atoms with van der Waals surface area (Å²) < 4.78 is 36.8. The summed E-state index contributed by atoms with van der Waals surface area (Å²) in [5.74, 6) is -1.51. The average molecular weight is 310 g/mol. The summed E-state index contributed by atoms with van der Waals surface area (Å²) in [5, 5.41) is 8.98. The van der Waals surface area contributed by atoms with Gasteiger partial charge >= 0.3 is 0 Å². The molecular weight excluding hydrogens is 293 g/mol. The highest BCUT2D eigenvalue weighted by Crippen LogP contribution is 2.29. The third-order valence-electron chi connectivity index (χ3n) is 3.20. The van der Waals surface area contributed by atoms with E-state index in [9.17, 15) is 17.9 Å². The first-order valence-electron chi connectivity index (χ1n) is 5.71. The SMILES string of the molecule is CC(C(O)C(CN)c1cccc(Cl)c1F)S(C)(=O)=O. The van der Waals surface area contributed by atoms with Crippen LogP contribution in [0.2, 0.25) is 5.02 Å². The molecule has 0 aliphatic heterocycles. The number of halogens is 2. The topological polar surface area (TPSA) is 80.4 Å². The molecule has 0 radical (unpaired) electrons. The van der Waals surface area contributed by atoms with E-state index in [1.54, 1.807) is 0 Å².